The summed E-state index contributed by atoms with van der Waals surface area (Å²) < 4.78 is 53.6. The molecule has 0 saturated carbocycles. The van der Waals surface area contributed by atoms with Crippen molar-refractivity contribution in [2.24, 2.45) is 11.7 Å². The van der Waals surface area contributed by atoms with Crippen LogP contribution < -0.4 is 5.73 Å². The van der Waals surface area contributed by atoms with Crippen molar-refractivity contribution in [3.8, 4) is 0 Å². The highest BCUT2D eigenvalue weighted by atomic mass is 32.1. The minimum Gasteiger partial charge on any atom is -0.368 e. The van der Waals surface area contributed by atoms with E-state index in [4.69, 9.17) is 5.73 Å². The van der Waals surface area contributed by atoms with Crippen LogP contribution in [-0.2, 0) is 17.8 Å². The Morgan fingerprint density at radius 2 is 2.05 bits per heavy atom. The molecular formula is C12H18F4N2OS. The number of ether oxygens (including phenoxy) is 1. The first-order chi connectivity index (χ1) is 9.22. The van der Waals surface area contributed by atoms with Gasteiger partial charge in [-0.2, -0.15) is 8.78 Å². The second-order valence-electron chi connectivity index (χ2n) is 4.90. The Morgan fingerprint density at radius 1 is 1.40 bits per heavy atom. The van der Waals surface area contributed by atoms with Crippen molar-refractivity contribution >= 4 is 11.3 Å². The van der Waals surface area contributed by atoms with Gasteiger partial charge in [0.1, 0.15) is 11.6 Å². The maximum absolute atomic E-state index is 12.6. The number of nitrogens with zero attached hydrogens (tertiary/aromatic N) is 1. The lowest BCUT2D eigenvalue weighted by Gasteiger charge is -2.14. The first kappa shape index (κ1) is 17.3. The molecule has 0 saturated heterocycles. The van der Waals surface area contributed by atoms with Gasteiger partial charge in [0.15, 0.2) is 0 Å². The Balaban J connectivity index is 2.41. The average Bonchev–Trinajstić information content (AvgIpc) is 2.76. The van der Waals surface area contributed by atoms with E-state index in [0.717, 1.165) is 5.69 Å². The normalized spacial score (nSPS) is 14.2. The van der Waals surface area contributed by atoms with Crippen LogP contribution in [0.25, 0.3) is 0 Å². The predicted molar refractivity (Wildman–Crippen MR) is 69.2 cm³/mol. The summed E-state index contributed by atoms with van der Waals surface area (Å²) in [5.74, 6) is -3.82. The van der Waals surface area contributed by atoms with Gasteiger partial charge in [-0.05, 0) is 5.92 Å². The molecule has 0 radical (unpaired) electrons. The Hall–Kier alpha value is -0.730. The van der Waals surface area contributed by atoms with E-state index in [1.54, 1.807) is 5.38 Å². The second-order valence-corrected chi connectivity index (χ2v) is 5.84. The maximum Gasteiger partial charge on any atom is 0.330 e. The lowest BCUT2D eigenvalue weighted by atomic mass is 10.0. The number of halogens is 4. The van der Waals surface area contributed by atoms with Gasteiger partial charge in [0, 0.05) is 17.8 Å². The van der Waals surface area contributed by atoms with Crippen molar-refractivity contribution in [3.05, 3.63) is 16.1 Å². The van der Waals surface area contributed by atoms with Crippen LogP contribution in [-0.4, -0.2) is 30.0 Å². The minimum atomic E-state index is -4.12. The number of hydrogen-bond acceptors (Lipinski definition) is 4. The summed E-state index contributed by atoms with van der Waals surface area (Å²) in [6.07, 6.45) is -3.14. The van der Waals surface area contributed by atoms with E-state index < -0.39 is 19.0 Å². The van der Waals surface area contributed by atoms with E-state index in [0.29, 0.717) is 17.3 Å². The molecule has 1 atom stereocenters. The third-order valence-corrected chi connectivity index (χ3v) is 3.61. The lowest BCUT2D eigenvalue weighted by molar-refractivity contribution is -0.168. The van der Waals surface area contributed by atoms with Crippen molar-refractivity contribution in [1.82, 2.24) is 4.98 Å². The molecule has 0 amide bonds. The van der Waals surface area contributed by atoms with Gasteiger partial charge >= 0.3 is 12.3 Å². The summed E-state index contributed by atoms with van der Waals surface area (Å²) in [6.45, 7) is 2.47. The number of rotatable bonds is 8. The molecule has 2 N–H and O–H groups in total. The Bertz CT molecular complexity index is 412. The quantitative estimate of drug-likeness (QED) is 0.750. The molecule has 1 aromatic heterocycles. The monoisotopic (exact) mass is 314 g/mol. The van der Waals surface area contributed by atoms with Crippen LogP contribution in [0.2, 0.25) is 0 Å². The van der Waals surface area contributed by atoms with Crippen LogP contribution in [0, 0.1) is 5.92 Å². The molecule has 20 heavy (non-hydrogen) atoms. The number of aromatic nitrogens is 1. The number of hydrogen-bond donors (Lipinski definition) is 1. The van der Waals surface area contributed by atoms with E-state index in [9.17, 15) is 17.6 Å². The third-order valence-electron chi connectivity index (χ3n) is 2.74. The van der Waals surface area contributed by atoms with E-state index in [-0.39, 0.29) is 12.6 Å². The fourth-order valence-electron chi connectivity index (χ4n) is 1.32. The minimum absolute atomic E-state index is 0.0333. The summed E-state index contributed by atoms with van der Waals surface area (Å²) >= 11 is 1.24. The van der Waals surface area contributed by atoms with Gasteiger partial charge in [0.05, 0.1) is 12.3 Å². The van der Waals surface area contributed by atoms with E-state index in [2.05, 4.69) is 9.72 Å². The third kappa shape index (κ3) is 5.34. The zero-order chi connectivity index (χ0) is 15.3. The molecule has 0 bridgehead atoms. The first-order valence-electron chi connectivity index (χ1n) is 6.15. The molecule has 0 fully saturated rings. The summed E-state index contributed by atoms with van der Waals surface area (Å²) in [5, 5.41) is 2.24. The van der Waals surface area contributed by atoms with Gasteiger partial charge in [0.25, 0.3) is 0 Å². The van der Waals surface area contributed by atoms with Crippen LogP contribution in [0.15, 0.2) is 5.38 Å². The summed E-state index contributed by atoms with van der Waals surface area (Å²) in [7, 11) is 0. The molecule has 0 spiro atoms. The smallest absolute Gasteiger partial charge is 0.330 e. The number of nitrogens with two attached hydrogens (primary N) is 1. The molecule has 1 aromatic rings. The van der Waals surface area contributed by atoms with Crippen LogP contribution in [0.1, 0.15) is 24.5 Å². The fourth-order valence-corrected chi connectivity index (χ4v) is 2.07. The van der Waals surface area contributed by atoms with E-state index >= 15 is 0 Å². The molecule has 0 aliphatic heterocycles. The molecule has 0 aromatic carbocycles. The van der Waals surface area contributed by atoms with Gasteiger partial charge in [0.2, 0.25) is 0 Å². The van der Waals surface area contributed by atoms with Crippen molar-refractivity contribution in [2.75, 3.05) is 6.61 Å². The molecule has 116 valence electrons. The molecular weight excluding hydrogens is 296 g/mol. The van der Waals surface area contributed by atoms with Crippen molar-refractivity contribution in [1.29, 1.82) is 0 Å². The zero-order valence-electron chi connectivity index (χ0n) is 11.3. The van der Waals surface area contributed by atoms with Crippen molar-refractivity contribution in [3.63, 3.8) is 0 Å². The van der Waals surface area contributed by atoms with Crippen LogP contribution in [0.5, 0.6) is 0 Å². The van der Waals surface area contributed by atoms with Gasteiger partial charge < -0.3 is 10.5 Å². The Kier molecular flexibility index (Phi) is 6.35. The van der Waals surface area contributed by atoms with Gasteiger partial charge in [-0.15, -0.1) is 11.3 Å². The summed E-state index contributed by atoms with van der Waals surface area (Å²) in [4.78, 5) is 4.18. The molecule has 3 nitrogen and oxygen atoms in total. The van der Waals surface area contributed by atoms with Crippen LogP contribution in [0.4, 0.5) is 17.6 Å². The average molecular weight is 314 g/mol. The highest BCUT2D eigenvalue weighted by molar-refractivity contribution is 7.09. The largest absolute Gasteiger partial charge is 0.368 e. The topological polar surface area (TPSA) is 48.1 Å². The second kappa shape index (κ2) is 7.33. The molecule has 1 rings (SSSR count). The van der Waals surface area contributed by atoms with Crippen LogP contribution in [0.3, 0.4) is 0 Å². The van der Waals surface area contributed by atoms with Gasteiger partial charge in [-0.1, -0.05) is 13.8 Å². The first-order valence-corrected chi connectivity index (χ1v) is 7.03. The predicted octanol–water partition coefficient (Wildman–Crippen LogP) is 3.09. The molecule has 1 unspecified atom stereocenters. The maximum atomic E-state index is 12.6. The Morgan fingerprint density at radius 3 is 2.60 bits per heavy atom. The molecule has 0 aliphatic rings. The summed E-state index contributed by atoms with van der Waals surface area (Å²) in [6, 6.07) is -0.0333. The van der Waals surface area contributed by atoms with E-state index in [1.807, 2.05) is 13.8 Å². The zero-order valence-corrected chi connectivity index (χ0v) is 12.1. The summed E-state index contributed by atoms with van der Waals surface area (Å²) in [5.41, 5.74) is 6.66. The SMILES string of the molecule is CC(C)C(N)Cc1csc(COCC(F)(F)C(F)F)n1. The van der Waals surface area contributed by atoms with Gasteiger partial charge in [-0.3, -0.25) is 0 Å². The van der Waals surface area contributed by atoms with Crippen molar-refractivity contribution < 1.29 is 22.3 Å². The fraction of sp³-hybridized carbons (Fsp3) is 0.750. The van der Waals surface area contributed by atoms with Crippen LogP contribution >= 0.6 is 11.3 Å². The Labute approximate surface area is 119 Å². The number of thiazole rings is 1. The van der Waals surface area contributed by atoms with E-state index in [1.165, 1.54) is 11.3 Å². The highest BCUT2D eigenvalue weighted by Gasteiger charge is 2.40. The van der Waals surface area contributed by atoms with Crippen molar-refractivity contribution in [2.45, 2.75) is 45.3 Å². The van der Waals surface area contributed by atoms with Gasteiger partial charge in [-0.25, -0.2) is 13.8 Å². The lowest BCUT2D eigenvalue weighted by Crippen LogP contribution is -2.32. The standard InChI is InChI=1S/C12H18F4N2OS/c1-7(2)9(17)3-8-5-20-10(18-8)4-19-6-12(15,16)11(13)14/h5,7,9,11H,3-4,6,17H2,1-2H3. The molecule has 1 heterocycles. The molecule has 0 aliphatic carbocycles. The molecule has 8 heteroatoms. The number of alkyl halides is 4. The highest BCUT2D eigenvalue weighted by Crippen LogP contribution is 2.23.